The fourth-order valence-electron chi connectivity index (χ4n) is 1.70. The highest BCUT2D eigenvalue weighted by molar-refractivity contribution is 9.11. The molecule has 112 valence electrons. The first kappa shape index (κ1) is 17.1. The lowest BCUT2D eigenvalue weighted by Crippen LogP contribution is -3.08. The zero-order chi connectivity index (χ0) is 15.1. The van der Waals surface area contributed by atoms with E-state index in [0.29, 0.717) is 6.54 Å². The molecule has 1 rings (SSSR count). The lowest BCUT2D eigenvalue weighted by Gasteiger charge is -2.13. The number of quaternary nitrogens is 1. The largest absolute Gasteiger partial charge is 0.352 e. The van der Waals surface area contributed by atoms with E-state index >= 15 is 0 Å². The van der Waals surface area contributed by atoms with Gasteiger partial charge in [-0.25, -0.2) is 0 Å². The minimum absolute atomic E-state index is 0.0366. The molecular formula is C13H21BrN3O2S+. The molecule has 0 spiro atoms. The molecule has 1 unspecified atom stereocenters. The van der Waals surface area contributed by atoms with Gasteiger partial charge in [0, 0.05) is 6.04 Å². The van der Waals surface area contributed by atoms with E-state index in [1.807, 2.05) is 33.0 Å². The van der Waals surface area contributed by atoms with E-state index in [4.69, 9.17) is 0 Å². The van der Waals surface area contributed by atoms with E-state index in [9.17, 15) is 9.59 Å². The molecule has 0 saturated heterocycles. The molecule has 1 atom stereocenters. The van der Waals surface area contributed by atoms with Crippen molar-refractivity contribution in [1.29, 1.82) is 0 Å². The average Bonchev–Trinajstić information content (AvgIpc) is 2.71. The van der Waals surface area contributed by atoms with Crippen LogP contribution in [0.5, 0.6) is 0 Å². The molecule has 1 aromatic heterocycles. The van der Waals surface area contributed by atoms with Crippen molar-refractivity contribution in [3.63, 3.8) is 0 Å². The minimum Gasteiger partial charge on any atom is -0.352 e. The standard InChI is InChI=1S/C13H20BrN3O2S/c1-9(2)16-12(18)6-15-13(19)8-17(3)7-10-4-5-11(14)20-10/h4-5,9H,6-8H2,1-3H3,(H,15,19)(H,16,18)/p+1. The fourth-order valence-corrected chi connectivity index (χ4v) is 3.29. The van der Waals surface area contributed by atoms with E-state index in [1.165, 1.54) is 4.88 Å². The molecule has 1 aromatic rings. The van der Waals surface area contributed by atoms with Crippen molar-refractivity contribution in [1.82, 2.24) is 10.6 Å². The van der Waals surface area contributed by atoms with Crippen LogP contribution in [0.2, 0.25) is 0 Å². The Balaban J connectivity index is 2.26. The summed E-state index contributed by atoms with van der Waals surface area (Å²) in [6.45, 7) is 4.95. The molecule has 0 aliphatic carbocycles. The number of thiophene rings is 1. The second-order valence-electron chi connectivity index (χ2n) is 5.02. The topological polar surface area (TPSA) is 62.6 Å². The third-order valence-corrected chi connectivity index (χ3v) is 4.09. The summed E-state index contributed by atoms with van der Waals surface area (Å²) in [5, 5.41) is 5.36. The molecule has 0 aromatic carbocycles. The van der Waals surface area contributed by atoms with Gasteiger partial charge in [0.25, 0.3) is 5.91 Å². The van der Waals surface area contributed by atoms with Gasteiger partial charge in [-0.05, 0) is 41.9 Å². The number of carbonyl (C=O) groups excluding carboxylic acids is 2. The Morgan fingerprint density at radius 1 is 1.35 bits per heavy atom. The summed E-state index contributed by atoms with van der Waals surface area (Å²) in [6, 6.07) is 4.14. The molecule has 7 heteroatoms. The van der Waals surface area contributed by atoms with Gasteiger partial charge in [0.1, 0.15) is 6.54 Å². The molecule has 20 heavy (non-hydrogen) atoms. The van der Waals surface area contributed by atoms with Crippen molar-refractivity contribution in [2.45, 2.75) is 26.4 Å². The maximum Gasteiger partial charge on any atom is 0.275 e. The van der Waals surface area contributed by atoms with Gasteiger partial charge in [-0.15, -0.1) is 11.3 Å². The van der Waals surface area contributed by atoms with Crippen molar-refractivity contribution in [3.8, 4) is 0 Å². The van der Waals surface area contributed by atoms with E-state index < -0.39 is 0 Å². The first-order chi connectivity index (χ1) is 9.36. The van der Waals surface area contributed by atoms with Gasteiger partial charge in [0.2, 0.25) is 5.91 Å². The number of rotatable bonds is 7. The Bertz CT molecular complexity index is 462. The quantitative estimate of drug-likeness (QED) is 0.647. The predicted octanol–water partition coefficient (Wildman–Crippen LogP) is 0.166. The zero-order valence-electron chi connectivity index (χ0n) is 12.0. The lowest BCUT2D eigenvalue weighted by molar-refractivity contribution is -0.885. The third-order valence-electron chi connectivity index (χ3n) is 2.46. The summed E-state index contributed by atoms with van der Waals surface area (Å²) in [7, 11) is 1.96. The van der Waals surface area contributed by atoms with Gasteiger partial charge in [0.05, 0.1) is 22.3 Å². The normalized spacial score (nSPS) is 12.2. The lowest BCUT2D eigenvalue weighted by atomic mass is 10.4. The number of nitrogens with one attached hydrogen (secondary N) is 3. The van der Waals surface area contributed by atoms with Crippen molar-refractivity contribution in [3.05, 3.63) is 20.8 Å². The van der Waals surface area contributed by atoms with Crippen molar-refractivity contribution in [2.75, 3.05) is 20.1 Å². The summed E-state index contributed by atoms with van der Waals surface area (Å²) < 4.78 is 1.09. The molecule has 1 heterocycles. The van der Waals surface area contributed by atoms with E-state index in [1.54, 1.807) is 11.3 Å². The molecule has 5 nitrogen and oxygen atoms in total. The molecule has 0 fully saturated rings. The van der Waals surface area contributed by atoms with Gasteiger partial charge in [-0.2, -0.15) is 0 Å². The summed E-state index contributed by atoms with van der Waals surface area (Å²) in [5.74, 6) is -0.273. The molecule has 0 radical (unpaired) electrons. The zero-order valence-corrected chi connectivity index (χ0v) is 14.4. The van der Waals surface area contributed by atoms with Crippen LogP contribution in [0.1, 0.15) is 18.7 Å². The van der Waals surface area contributed by atoms with Gasteiger partial charge in [0.15, 0.2) is 6.54 Å². The van der Waals surface area contributed by atoms with Crippen molar-refractivity contribution in [2.24, 2.45) is 0 Å². The first-order valence-corrected chi connectivity index (χ1v) is 8.09. The Morgan fingerprint density at radius 3 is 2.60 bits per heavy atom. The second-order valence-corrected chi connectivity index (χ2v) is 7.56. The smallest absolute Gasteiger partial charge is 0.275 e. The summed E-state index contributed by atoms with van der Waals surface area (Å²) >= 11 is 5.09. The Hall–Kier alpha value is -0.920. The third kappa shape index (κ3) is 7.02. The number of amides is 2. The summed E-state index contributed by atoms with van der Waals surface area (Å²) in [4.78, 5) is 25.4. The SMILES string of the molecule is CC(C)NC(=O)CNC(=O)C[NH+](C)Cc1ccc(Br)s1. The minimum atomic E-state index is -0.159. The Kier molecular flexibility index (Phi) is 7.18. The van der Waals surface area contributed by atoms with Crippen LogP contribution in [0.3, 0.4) is 0 Å². The maximum atomic E-state index is 11.7. The number of hydrogen-bond acceptors (Lipinski definition) is 3. The van der Waals surface area contributed by atoms with Crippen LogP contribution >= 0.6 is 27.3 Å². The Labute approximate surface area is 131 Å². The highest BCUT2D eigenvalue weighted by Gasteiger charge is 2.13. The van der Waals surface area contributed by atoms with Crippen molar-refractivity contribution < 1.29 is 14.5 Å². The van der Waals surface area contributed by atoms with Crippen LogP contribution in [0.25, 0.3) is 0 Å². The molecule has 0 saturated carbocycles. The molecule has 3 N–H and O–H groups in total. The molecule has 2 amide bonds. The van der Waals surface area contributed by atoms with Crippen LogP contribution in [0.15, 0.2) is 15.9 Å². The summed E-state index contributed by atoms with van der Waals surface area (Å²) in [6.07, 6.45) is 0. The van der Waals surface area contributed by atoms with Gasteiger partial charge in [-0.3, -0.25) is 9.59 Å². The molecule has 0 bridgehead atoms. The number of hydrogen-bond donors (Lipinski definition) is 3. The highest BCUT2D eigenvalue weighted by Crippen LogP contribution is 2.20. The van der Waals surface area contributed by atoms with Crippen molar-refractivity contribution >= 4 is 39.1 Å². The van der Waals surface area contributed by atoms with Crippen LogP contribution < -0.4 is 15.5 Å². The number of likely N-dealkylation sites (N-methyl/N-ethyl adjacent to an activating group) is 1. The molecule has 0 aliphatic heterocycles. The maximum absolute atomic E-state index is 11.7. The first-order valence-electron chi connectivity index (χ1n) is 6.48. The number of carbonyl (C=O) groups is 2. The number of halogens is 1. The van der Waals surface area contributed by atoms with Crippen LogP contribution in [-0.2, 0) is 16.1 Å². The van der Waals surface area contributed by atoms with Gasteiger partial charge in [-0.1, -0.05) is 0 Å². The van der Waals surface area contributed by atoms with E-state index in [2.05, 4.69) is 26.6 Å². The summed E-state index contributed by atoms with van der Waals surface area (Å²) in [5.41, 5.74) is 0. The van der Waals surface area contributed by atoms with Crippen LogP contribution in [0.4, 0.5) is 0 Å². The molecule has 0 aliphatic rings. The fraction of sp³-hybridized carbons (Fsp3) is 0.538. The van der Waals surface area contributed by atoms with E-state index in [0.717, 1.165) is 15.2 Å². The second kappa shape index (κ2) is 8.39. The monoisotopic (exact) mass is 362 g/mol. The Morgan fingerprint density at radius 2 is 2.05 bits per heavy atom. The highest BCUT2D eigenvalue weighted by atomic mass is 79.9. The van der Waals surface area contributed by atoms with E-state index in [-0.39, 0.29) is 24.4 Å². The van der Waals surface area contributed by atoms with Gasteiger partial charge >= 0.3 is 0 Å². The average molecular weight is 363 g/mol. The molecular weight excluding hydrogens is 342 g/mol. The van der Waals surface area contributed by atoms with Gasteiger partial charge < -0.3 is 15.5 Å². The van der Waals surface area contributed by atoms with Crippen LogP contribution in [0, 0.1) is 0 Å². The predicted molar refractivity (Wildman–Crippen MR) is 83.8 cm³/mol. The van der Waals surface area contributed by atoms with Crippen LogP contribution in [-0.4, -0.2) is 38.0 Å².